The van der Waals surface area contributed by atoms with Gasteiger partial charge in [0.1, 0.15) is 0 Å². The molecule has 0 heterocycles. The Hall–Kier alpha value is 1.56. The molecule has 0 radical (unpaired) electrons. The van der Waals surface area contributed by atoms with Crippen LogP contribution in [0.15, 0.2) is 0 Å². The predicted molar refractivity (Wildman–Crippen MR) is 177 cm³/mol. The number of rotatable bonds is 30. The molecule has 0 N–H and O–H groups in total. The first-order valence-corrected chi connectivity index (χ1v) is 32.2. The fourth-order valence-electron chi connectivity index (χ4n) is 6.41. The first kappa shape index (κ1) is 38.6. The molecule has 0 aromatic heterocycles. The zero-order chi connectivity index (χ0) is 27.5. The maximum atomic E-state index is 8.26. The van der Waals surface area contributed by atoms with Crippen LogP contribution in [0.5, 0.6) is 0 Å². The van der Waals surface area contributed by atoms with Crippen LogP contribution in [0, 0.1) is 0 Å². The van der Waals surface area contributed by atoms with Crippen molar-refractivity contribution in [2.45, 2.75) is 209 Å². The Morgan fingerprint density at radius 2 is 0.459 bits per heavy atom. The zero-order valence-electron chi connectivity index (χ0n) is 27.2. The number of unbranched alkanes of at least 4 members (excludes halogenated alkanes) is 16. The van der Waals surface area contributed by atoms with Crippen molar-refractivity contribution in [3.8, 4) is 0 Å². The second-order valence-corrected chi connectivity index (χ2v) is 39.2. The summed E-state index contributed by atoms with van der Waals surface area (Å²) in [5.41, 5.74) is 0. The van der Waals surface area contributed by atoms with Gasteiger partial charge in [0.25, 0.3) is 0 Å². The average molecular weight is 736 g/mol. The Morgan fingerprint density at radius 3 is 0.676 bits per heavy atom. The third-order valence-electron chi connectivity index (χ3n) is 8.85. The summed E-state index contributed by atoms with van der Waals surface area (Å²) in [4.78, 5) is 0. The van der Waals surface area contributed by atoms with Crippen molar-refractivity contribution in [2.75, 3.05) is 0 Å². The van der Waals surface area contributed by atoms with Gasteiger partial charge in [0.05, 0.1) is 0 Å². The normalized spacial score (nSPS) is 12.5. The molecule has 0 atom stereocenters. The van der Waals surface area contributed by atoms with Crippen LogP contribution in [0.1, 0.15) is 183 Å². The molecule has 224 valence electrons. The summed E-state index contributed by atoms with van der Waals surface area (Å²) in [6.07, 6.45) is 31.6. The molecule has 0 bridgehead atoms. The summed E-state index contributed by atoms with van der Waals surface area (Å²) in [5.74, 6) is 0. The SMILES string of the molecule is CCCCC[CH2][Sn]([CH2]CCCC)([CH2]CCCCC)[O][Sn]([CH2]CCCC)([CH2]CCCCC)[CH2]CCCCC. The van der Waals surface area contributed by atoms with E-state index in [-0.39, 0.29) is 0 Å². The van der Waals surface area contributed by atoms with Crippen molar-refractivity contribution in [3.05, 3.63) is 0 Å². The van der Waals surface area contributed by atoms with Gasteiger partial charge in [0, 0.05) is 0 Å². The first-order valence-electron chi connectivity index (χ1n) is 17.8. The van der Waals surface area contributed by atoms with Gasteiger partial charge in [-0.2, -0.15) is 0 Å². The third kappa shape index (κ3) is 21.0. The summed E-state index contributed by atoms with van der Waals surface area (Å²) in [7, 11) is 0. The fourth-order valence-corrected chi connectivity index (χ4v) is 59.7. The van der Waals surface area contributed by atoms with Gasteiger partial charge >= 0.3 is 248 Å². The molecule has 1 nitrogen and oxygen atoms in total. The molecule has 0 aromatic carbocycles. The average Bonchev–Trinajstić information content (AvgIpc) is 2.90. The standard InChI is InChI=1S/4C6H13.2C5H11.O.2Sn/c4*1-3-5-6-4-2;2*1-3-5-4-2;;;/h4*1,3-6H2,2H3;2*1,3-5H2,2H3;;;. The summed E-state index contributed by atoms with van der Waals surface area (Å²) in [5, 5.41) is 0. The Morgan fingerprint density at radius 1 is 0.270 bits per heavy atom. The van der Waals surface area contributed by atoms with E-state index in [1.165, 1.54) is 141 Å². The molecular formula is C34H74OSn2. The molecule has 37 heavy (non-hydrogen) atoms. The van der Waals surface area contributed by atoms with Crippen LogP contribution in [-0.4, -0.2) is 37.6 Å². The van der Waals surface area contributed by atoms with Gasteiger partial charge in [-0.05, 0) is 0 Å². The molecule has 0 amide bonds. The topological polar surface area (TPSA) is 9.23 Å². The van der Waals surface area contributed by atoms with Crippen LogP contribution in [-0.2, 0) is 1.41 Å². The zero-order valence-corrected chi connectivity index (χ0v) is 32.9. The van der Waals surface area contributed by atoms with Gasteiger partial charge in [-0.15, -0.1) is 0 Å². The molecule has 0 aromatic rings. The Labute approximate surface area is 246 Å². The van der Waals surface area contributed by atoms with E-state index in [0.29, 0.717) is 0 Å². The third-order valence-corrected chi connectivity index (χ3v) is 49.6. The van der Waals surface area contributed by atoms with E-state index in [0.717, 1.165) is 0 Å². The molecule has 0 saturated heterocycles. The minimum absolute atomic E-state index is 1.37. The second-order valence-electron chi connectivity index (χ2n) is 12.6. The number of hydrogen-bond acceptors (Lipinski definition) is 1. The van der Waals surface area contributed by atoms with E-state index in [1.54, 1.807) is 26.6 Å². The second kappa shape index (κ2) is 27.7. The summed E-state index contributed by atoms with van der Waals surface area (Å²) < 4.78 is 17.7. The molecule has 0 saturated carbocycles. The Kier molecular flexibility index (Phi) is 28.9. The molecule has 0 unspecified atom stereocenters. The summed E-state index contributed by atoms with van der Waals surface area (Å²) in [6.45, 7) is 14.3. The van der Waals surface area contributed by atoms with Crippen molar-refractivity contribution in [3.63, 3.8) is 0 Å². The van der Waals surface area contributed by atoms with Crippen molar-refractivity contribution < 1.29 is 1.41 Å². The van der Waals surface area contributed by atoms with Gasteiger partial charge in [-0.25, -0.2) is 0 Å². The fraction of sp³-hybridized carbons (Fsp3) is 1.00. The van der Waals surface area contributed by atoms with E-state index < -0.39 is 37.6 Å². The van der Waals surface area contributed by atoms with Gasteiger partial charge in [-0.3, -0.25) is 0 Å². The molecule has 0 spiro atoms. The molecule has 0 aliphatic heterocycles. The van der Waals surface area contributed by atoms with Crippen LogP contribution in [0.25, 0.3) is 0 Å². The van der Waals surface area contributed by atoms with Crippen LogP contribution >= 0.6 is 0 Å². The van der Waals surface area contributed by atoms with Crippen molar-refractivity contribution in [1.29, 1.82) is 0 Å². The molecule has 0 aliphatic carbocycles. The van der Waals surface area contributed by atoms with E-state index in [4.69, 9.17) is 1.41 Å². The minimum atomic E-state index is -2.64. The van der Waals surface area contributed by atoms with Crippen molar-refractivity contribution in [1.82, 2.24) is 0 Å². The van der Waals surface area contributed by atoms with Crippen molar-refractivity contribution >= 4 is 37.6 Å². The molecule has 0 aliphatic rings. The number of hydrogen-bond donors (Lipinski definition) is 0. The van der Waals surface area contributed by atoms with Crippen LogP contribution in [0.3, 0.4) is 0 Å². The summed E-state index contributed by atoms with van der Waals surface area (Å²) >= 11 is -5.28. The van der Waals surface area contributed by atoms with Crippen LogP contribution in [0.2, 0.25) is 26.6 Å². The predicted octanol–water partition coefficient (Wildman–Crippen LogP) is 13.6. The van der Waals surface area contributed by atoms with E-state index >= 15 is 0 Å². The molecule has 0 fully saturated rings. The molecule has 3 heteroatoms. The maximum absolute atomic E-state index is 8.26. The molecule has 0 rings (SSSR count). The molecular weight excluding hydrogens is 662 g/mol. The van der Waals surface area contributed by atoms with E-state index in [9.17, 15) is 0 Å². The van der Waals surface area contributed by atoms with Gasteiger partial charge < -0.3 is 0 Å². The quantitative estimate of drug-likeness (QED) is 0.0527. The Bertz CT molecular complexity index is 389. The monoisotopic (exact) mass is 738 g/mol. The Balaban J connectivity index is 6.02. The van der Waals surface area contributed by atoms with Crippen LogP contribution < -0.4 is 0 Å². The van der Waals surface area contributed by atoms with Gasteiger partial charge in [0.2, 0.25) is 0 Å². The van der Waals surface area contributed by atoms with Crippen LogP contribution in [0.4, 0.5) is 0 Å². The van der Waals surface area contributed by atoms with Gasteiger partial charge in [0.15, 0.2) is 0 Å². The van der Waals surface area contributed by atoms with E-state index in [2.05, 4.69) is 41.5 Å². The van der Waals surface area contributed by atoms with E-state index in [1.807, 2.05) is 0 Å². The van der Waals surface area contributed by atoms with Gasteiger partial charge in [-0.1, -0.05) is 0 Å². The first-order chi connectivity index (χ1) is 18.1. The summed E-state index contributed by atoms with van der Waals surface area (Å²) in [6, 6.07) is 0. The van der Waals surface area contributed by atoms with Crippen molar-refractivity contribution in [2.24, 2.45) is 0 Å².